The van der Waals surface area contributed by atoms with E-state index >= 15 is 0 Å². The number of anilines is 1. The highest BCUT2D eigenvalue weighted by Gasteiger charge is 2.22. The van der Waals surface area contributed by atoms with E-state index in [4.69, 9.17) is 9.40 Å². The van der Waals surface area contributed by atoms with E-state index in [1.807, 2.05) is 48.5 Å². The molecule has 3 heterocycles. The number of nitrogens with zero attached hydrogens (tertiary/aromatic N) is 3. The van der Waals surface area contributed by atoms with E-state index in [1.54, 1.807) is 6.26 Å². The highest BCUT2D eigenvalue weighted by Crippen LogP contribution is 2.35. The summed E-state index contributed by atoms with van der Waals surface area (Å²) in [5.41, 5.74) is 4.02. The van der Waals surface area contributed by atoms with Crippen LogP contribution in [0.2, 0.25) is 0 Å². The molecule has 0 amide bonds. The summed E-state index contributed by atoms with van der Waals surface area (Å²) in [5.74, 6) is 0.720. The van der Waals surface area contributed by atoms with Crippen LogP contribution in [0.5, 0.6) is 0 Å². The van der Waals surface area contributed by atoms with Crippen molar-refractivity contribution in [1.29, 1.82) is 5.26 Å². The zero-order valence-electron chi connectivity index (χ0n) is 13.3. The molecular weight excluding hydrogens is 298 g/mol. The Morgan fingerprint density at radius 1 is 1.04 bits per heavy atom. The van der Waals surface area contributed by atoms with Gasteiger partial charge in [-0.1, -0.05) is 30.3 Å². The molecule has 24 heavy (non-hydrogen) atoms. The third-order valence-electron chi connectivity index (χ3n) is 4.38. The minimum absolute atomic E-state index is 0.637. The summed E-state index contributed by atoms with van der Waals surface area (Å²) >= 11 is 0. The fourth-order valence-corrected chi connectivity index (χ4v) is 3.20. The Morgan fingerprint density at radius 2 is 1.83 bits per heavy atom. The van der Waals surface area contributed by atoms with Crippen LogP contribution in [0, 0.1) is 11.3 Å². The van der Waals surface area contributed by atoms with Crippen LogP contribution in [-0.2, 0) is 0 Å². The van der Waals surface area contributed by atoms with E-state index in [9.17, 15) is 5.26 Å². The van der Waals surface area contributed by atoms with Gasteiger partial charge in [0.1, 0.15) is 17.3 Å². The molecule has 2 aromatic heterocycles. The van der Waals surface area contributed by atoms with Crippen molar-refractivity contribution in [3.05, 3.63) is 60.4 Å². The average Bonchev–Trinajstić information content (AvgIpc) is 3.35. The van der Waals surface area contributed by atoms with Crippen molar-refractivity contribution in [2.24, 2.45) is 0 Å². The molecule has 0 spiro atoms. The summed E-state index contributed by atoms with van der Waals surface area (Å²) in [5, 5.41) is 9.80. The molecule has 0 unspecified atom stereocenters. The van der Waals surface area contributed by atoms with Gasteiger partial charge in [-0.25, -0.2) is 4.98 Å². The minimum atomic E-state index is 0.637. The fraction of sp³-hybridized carbons (Fsp3) is 0.200. The molecule has 4 rings (SSSR count). The quantitative estimate of drug-likeness (QED) is 0.715. The predicted molar refractivity (Wildman–Crippen MR) is 93.5 cm³/mol. The maximum Gasteiger partial charge on any atom is 0.152 e. The molecule has 0 radical (unpaired) electrons. The van der Waals surface area contributed by atoms with E-state index in [-0.39, 0.29) is 0 Å². The van der Waals surface area contributed by atoms with Gasteiger partial charge in [0.2, 0.25) is 0 Å². The second-order valence-corrected chi connectivity index (χ2v) is 5.90. The van der Waals surface area contributed by atoms with E-state index in [2.05, 4.69) is 11.0 Å². The monoisotopic (exact) mass is 315 g/mol. The van der Waals surface area contributed by atoms with Crippen LogP contribution in [0.1, 0.15) is 18.4 Å². The molecule has 4 heteroatoms. The van der Waals surface area contributed by atoms with Gasteiger partial charge in [0, 0.05) is 18.7 Å². The van der Waals surface area contributed by atoms with Crippen LogP contribution in [0.25, 0.3) is 22.7 Å². The van der Waals surface area contributed by atoms with Gasteiger partial charge < -0.3 is 9.32 Å². The van der Waals surface area contributed by atoms with Crippen LogP contribution in [0.3, 0.4) is 0 Å². The van der Waals surface area contributed by atoms with Crippen LogP contribution in [-0.4, -0.2) is 18.1 Å². The maximum absolute atomic E-state index is 9.80. The van der Waals surface area contributed by atoms with Gasteiger partial charge in [0.05, 0.1) is 17.6 Å². The largest absolute Gasteiger partial charge is 0.463 e. The molecule has 1 aliphatic rings. The van der Waals surface area contributed by atoms with Gasteiger partial charge in [-0.3, -0.25) is 0 Å². The molecule has 0 aliphatic carbocycles. The lowest BCUT2D eigenvalue weighted by atomic mass is 10.0. The van der Waals surface area contributed by atoms with E-state index in [0.717, 1.165) is 48.6 Å². The molecular formula is C20H17N3O. The third-order valence-corrected chi connectivity index (χ3v) is 4.38. The molecule has 118 valence electrons. The van der Waals surface area contributed by atoms with Gasteiger partial charge in [-0.05, 0) is 31.0 Å². The molecule has 1 saturated heterocycles. The Hall–Kier alpha value is -3.06. The van der Waals surface area contributed by atoms with Crippen LogP contribution >= 0.6 is 0 Å². The first-order valence-corrected chi connectivity index (χ1v) is 8.16. The molecule has 4 nitrogen and oxygen atoms in total. The zero-order valence-corrected chi connectivity index (χ0v) is 13.3. The Balaban J connectivity index is 1.95. The van der Waals surface area contributed by atoms with Gasteiger partial charge >= 0.3 is 0 Å². The normalized spacial score (nSPS) is 13.9. The minimum Gasteiger partial charge on any atom is -0.463 e. The first kappa shape index (κ1) is 14.5. The number of pyridine rings is 1. The molecule has 1 aromatic carbocycles. The van der Waals surface area contributed by atoms with Gasteiger partial charge in [0.25, 0.3) is 0 Å². The molecule has 3 aromatic rings. The summed E-state index contributed by atoms with van der Waals surface area (Å²) in [6.07, 6.45) is 3.96. The number of hydrogen-bond acceptors (Lipinski definition) is 4. The standard InChI is InChI=1S/C20H17N3O/c21-14-16-18(23-10-4-5-11-23)13-17(19-9-6-12-24-19)22-20(16)15-7-2-1-3-8-15/h1-3,6-9,12-13H,4-5,10-11H2. The van der Waals surface area contributed by atoms with E-state index in [1.165, 1.54) is 0 Å². The fourth-order valence-electron chi connectivity index (χ4n) is 3.20. The SMILES string of the molecule is N#Cc1c(N2CCCC2)cc(-c2ccco2)nc1-c1ccccc1. The summed E-state index contributed by atoms with van der Waals surface area (Å²) in [4.78, 5) is 7.02. The summed E-state index contributed by atoms with van der Waals surface area (Å²) in [6, 6.07) is 18.0. The van der Waals surface area contributed by atoms with E-state index < -0.39 is 0 Å². The second-order valence-electron chi connectivity index (χ2n) is 5.90. The van der Waals surface area contributed by atoms with Crippen LogP contribution in [0.15, 0.2) is 59.2 Å². The van der Waals surface area contributed by atoms with Gasteiger partial charge in [-0.15, -0.1) is 0 Å². The Kier molecular flexibility index (Phi) is 3.76. The molecule has 0 N–H and O–H groups in total. The highest BCUT2D eigenvalue weighted by molar-refractivity contribution is 5.79. The Bertz CT molecular complexity index is 873. The van der Waals surface area contributed by atoms with Crippen molar-refractivity contribution in [3.63, 3.8) is 0 Å². The molecule has 0 bridgehead atoms. The van der Waals surface area contributed by atoms with Crippen molar-refractivity contribution in [2.75, 3.05) is 18.0 Å². The average molecular weight is 315 g/mol. The van der Waals surface area contributed by atoms with Gasteiger partial charge in [-0.2, -0.15) is 5.26 Å². The summed E-state index contributed by atoms with van der Waals surface area (Å²) in [6.45, 7) is 1.95. The number of aromatic nitrogens is 1. The lowest BCUT2D eigenvalue weighted by Crippen LogP contribution is -2.19. The first-order valence-electron chi connectivity index (χ1n) is 8.16. The van der Waals surface area contributed by atoms with Crippen molar-refractivity contribution in [2.45, 2.75) is 12.8 Å². The smallest absolute Gasteiger partial charge is 0.152 e. The van der Waals surface area contributed by atoms with Crippen molar-refractivity contribution < 1.29 is 4.42 Å². The second kappa shape index (κ2) is 6.21. The van der Waals surface area contributed by atoms with Gasteiger partial charge in [0.15, 0.2) is 5.76 Å². The number of benzene rings is 1. The topological polar surface area (TPSA) is 53.1 Å². The van der Waals surface area contributed by atoms with Crippen LogP contribution < -0.4 is 4.90 Å². The highest BCUT2D eigenvalue weighted by atomic mass is 16.3. The summed E-state index contributed by atoms with van der Waals surface area (Å²) in [7, 11) is 0. The molecule has 1 aliphatic heterocycles. The van der Waals surface area contributed by atoms with E-state index in [0.29, 0.717) is 11.3 Å². The zero-order chi connectivity index (χ0) is 16.4. The van der Waals surface area contributed by atoms with Crippen molar-refractivity contribution in [3.8, 4) is 28.8 Å². The lowest BCUT2D eigenvalue weighted by Gasteiger charge is -2.21. The molecule has 1 fully saturated rings. The Morgan fingerprint density at radius 3 is 2.50 bits per heavy atom. The molecule has 0 atom stereocenters. The lowest BCUT2D eigenvalue weighted by molar-refractivity contribution is 0.580. The molecule has 0 saturated carbocycles. The van der Waals surface area contributed by atoms with Crippen molar-refractivity contribution in [1.82, 2.24) is 4.98 Å². The Labute approximate surface area is 141 Å². The number of hydrogen-bond donors (Lipinski definition) is 0. The van der Waals surface area contributed by atoms with Crippen LogP contribution in [0.4, 0.5) is 5.69 Å². The number of furan rings is 1. The first-order chi connectivity index (χ1) is 11.9. The van der Waals surface area contributed by atoms with Crippen molar-refractivity contribution >= 4 is 5.69 Å². The number of nitriles is 1. The number of rotatable bonds is 3. The summed E-state index contributed by atoms with van der Waals surface area (Å²) < 4.78 is 5.54. The maximum atomic E-state index is 9.80. The predicted octanol–water partition coefficient (Wildman–Crippen LogP) is 4.48. The third kappa shape index (κ3) is 2.55.